The zero-order valence-corrected chi connectivity index (χ0v) is 25.9. The number of aryl methyl sites for hydroxylation is 1. The zero-order chi connectivity index (χ0) is 34.1. The first-order chi connectivity index (χ1) is 22.9. The maximum Gasteiger partial charge on any atom is 0.451 e. The number of nitrogens with one attached hydrogen (secondary N) is 1. The number of carbonyl (C=O) groups excluding carboxylic acids is 1. The predicted molar refractivity (Wildman–Crippen MR) is 168 cm³/mol. The number of hydrogen-bond acceptors (Lipinski definition) is 5. The summed E-state index contributed by atoms with van der Waals surface area (Å²) in [4.78, 5) is 21.8. The lowest BCUT2D eigenvalue weighted by molar-refractivity contribution is -0.145. The smallest absolute Gasteiger partial charge is 0.343 e. The lowest BCUT2D eigenvalue weighted by Gasteiger charge is -2.38. The monoisotopic (exact) mass is 666 g/mol. The Labute approximate surface area is 272 Å². The molecule has 1 fully saturated rings. The van der Waals surface area contributed by atoms with Crippen molar-refractivity contribution in [2.45, 2.75) is 44.7 Å². The Hall–Kier alpha value is -4.78. The third-order valence-corrected chi connectivity index (χ3v) is 8.74. The van der Waals surface area contributed by atoms with E-state index in [4.69, 9.17) is 0 Å². The summed E-state index contributed by atoms with van der Waals surface area (Å²) in [6.07, 6.45) is -3.06. The second-order valence-corrected chi connectivity index (χ2v) is 12.0. The Kier molecular flexibility index (Phi) is 9.24. The van der Waals surface area contributed by atoms with Crippen molar-refractivity contribution >= 4 is 16.8 Å². The fraction of sp³-hybridized carbons (Fsp3) is 0.314. The number of amides is 1. The molecule has 5 aromatic rings. The molecule has 7 nitrogen and oxygen atoms in total. The van der Waals surface area contributed by atoms with Gasteiger partial charge in [0.15, 0.2) is 0 Å². The Balaban J connectivity index is 1.14. The second kappa shape index (κ2) is 13.4. The number of carbonyl (C=O) groups is 1. The van der Waals surface area contributed by atoms with Crippen LogP contribution in [-0.2, 0) is 12.7 Å². The molecule has 0 bridgehead atoms. The van der Waals surface area contributed by atoms with Crippen LogP contribution in [0.3, 0.4) is 0 Å². The van der Waals surface area contributed by atoms with Crippen LogP contribution in [0, 0.1) is 12.8 Å². The largest absolute Gasteiger partial charge is 0.451 e. The van der Waals surface area contributed by atoms with Crippen LogP contribution >= 0.6 is 0 Å². The van der Waals surface area contributed by atoms with Crippen LogP contribution in [0.4, 0.5) is 26.3 Å². The Morgan fingerprint density at radius 3 is 2.15 bits per heavy atom. The summed E-state index contributed by atoms with van der Waals surface area (Å²) in [6.45, 7) is 2.63. The number of hydrogen-bond donors (Lipinski definition) is 1. The zero-order valence-electron chi connectivity index (χ0n) is 25.9. The molecular weight excluding hydrogens is 634 g/mol. The molecular formula is C35H32F6N6O. The predicted octanol–water partition coefficient (Wildman–Crippen LogP) is 7.61. The number of benzene rings is 3. The fourth-order valence-electron chi connectivity index (χ4n) is 6.28. The lowest BCUT2D eigenvalue weighted by atomic mass is 9.90. The molecule has 1 saturated heterocycles. The molecule has 0 radical (unpaired) electrons. The average molecular weight is 667 g/mol. The van der Waals surface area contributed by atoms with Crippen molar-refractivity contribution in [3.05, 3.63) is 113 Å². The quantitative estimate of drug-likeness (QED) is 0.173. The van der Waals surface area contributed by atoms with E-state index in [1.807, 2.05) is 58.7 Å². The van der Waals surface area contributed by atoms with Crippen LogP contribution in [0.5, 0.6) is 0 Å². The Bertz CT molecular complexity index is 1860. The molecule has 0 saturated carbocycles. The van der Waals surface area contributed by atoms with Gasteiger partial charge >= 0.3 is 12.4 Å². The molecule has 1 atom stereocenters. The number of alkyl halides is 6. The van der Waals surface area contributed by atoms with Crippen molar-refractivity contribution < 1.29 is 31.1 Å². The molecule has 1 aliphatic heterocycles. The maximum absolute atomic E-state index is 12.9. The van der Waals surface area contributed by atoms with Gasteiger partial charge < -0.3 is 5.32 Å². The van der Waals surface area contributed by atoms with Gasteiger partial charge in [0.25, 0.3) is 5.91 Å². The van der Waals surface area contributed by atoms with E-state index in [-0.39, 0.29) is 11.6 Å². The van der Waals surface area contributed by atoms with Crippen molar-refractivity contribution in [2.75, 3.05) is 19.6 Å². The molecule has 2 aromatic heterocycles. The number of halogens is 6. The van der Waals surface area contributed by atoms with Crippen LogP contribution < -0.4 is 5.32 Å². The molecule has 3 aromatic carbocycles. The molecule has 0 aliphatic carbocycles. The Morgan fingerprint density at radius 1 is 0.875 bits per heavy atom. The summed E-state index contributed by atoms with van der Waals surface area (Å²) in [5.41, 5.74) is 4.84. The topological polar surface area (TPSA) is 75.9 Å². The van der Waals surface area contributed by atoms with Crippen molar-refractivity contribution in [1.29, 1.82) is 0 Å². The minimum Gasteiger partial charge on any atom is -0.343 e. The lowest BCUT2D eigenvalue weighted by Crippen LogP contribution is -2.38. The maximum atomic E-state index is 12.9. The summed E-state index contributed by atoms with van der Waals surface area (Å²) in [7, 11) is 0. The van der Waals surface area contributed by atoms with Crippen molar-refractivity contribution in [2.24, 2.45) is 5.92 Å². The average Bonchev–Trinajstić information content (AvgIpc) is 3.48. The van der Waals surface area contributed by atoms with Crippen LogP contribution in [0.2, 0.25) is 0 Å². The van der Waals surface area contributed by atoms with Crippen LogP contribution in [-0.4, -0.2) is 56.4 Å². The minimum absolute atomic E-state index is 0.0260. The standard InChI is InChI=1S/C35H32F6N6O/c1-22-28(32(48)44-21-34(36,37)38)11-12-30-29(22)20-47(45-30)19-23-13-15-46(16-14-23)31(25-5-3-2-4-6-25)26-9-7-24(8-10-26)27-17-42-33(43-18-27)35(39,40)41/h2-12,17-18,20,23,31H,13-16,19,21H2,1H3,(H,44,48). The first kappa shape index (κ1) is 33.1. The number of rotatable bonds is 8. The van der Waals surface area contributed by atoms with Crippen LogP contribution in [0.15, 0.2) is 85.3 Å². The van der Waals surface area contributed by atoms with Crippen molar-refractivity contribution in [1.82, 2.24) is 30.0 Å². The van der Waals surface area contributed by atoms with E-state index in [9.17, 15) is 31.1 Å². The first-order valence-electron chi connectivity index (χ1n) is 15.5. The molecule has 6 rings (SSSR count). The Morgan fingerprint density at radius 2 is 1.52 bits per heavy atom. The molecule has 48 heavy (non-hydrogen) atoms. The second-order valence-electron chi connectivity index (χ2n) is 12.0. The highest BCUT2D eigenvalue weighted by Crippen LogP contribution is 2.34. The van der Waals surface area contributed by atoms with Gasteiger partial charge in [-0.15, -0.1) is 0 Å². The molecule has 1 aliphatic rings. The van der Waals surface area contributed by atoms with E-state index in [0.29, 0.717) is 34.7 Å². The van der Waals surface area contributed by atoms with E-state index in [0.717, 1.165) is 42.4 Å². The van der Waals surface area contributed by atoms with E-state index in [1.54, 1.807) is 13.0 Å². The summed E-state index contributed by atoms with van der Waals surface area (Å²) in [5.74, 6) is -1.61. The van der Waals surface area contributed by atoms with Gasteiger partial charge in [-0.1, -0.05) is 54.6 Å². The third-order valence-electron chi connectivity index (χ3n) is 8.74. The van der Waals surface area contributed by atoms with Gasteiger partial charge in [-0.3, -0.25) is 14.4 Å². The number of aromatic nitrogens is 4. The SMILES string of the molecule is Cc1c(C(=O)NCC(F)(F)F)ccc2nn(CC3CCN(C(c4ccccc4)c4ccc(-c5cnc(C(F)(F)F)nc5)cc4)CC3)cc12. The molecule has 0 spiro atoms. The van der Waals surface area contributed by atoms with E-state index in [1.165, 1.54) is 18.5 Å². The molecule has 1 amide bonds. The minimum atomic E-state index is -4.60. The number of fused-ring (bicyclic) bond motifs is 1. The molecule has 13 heteroatoms. The molecule has 3 heterocycles. The van der Waals surface area contributed by atoms with Crippen LogP contribution in [0.1, 0.15) is 51.8 Å². The number of piperidine rings is 1. The normalized spacial score (nSPS) is 15.5. The fourth-order valence-corrected chi connectivity index (χ4v) is 6.28. The number of nitrogens with zero attached hydrogens (tertiary/aromatic N) is 5. The van der Waals surface area contributed by atoms with Gasteiger partial charge in [0.2, 0.25) is 5.82 Å². The van der Waals surface area contributed by atoms with E-state index < -0.39 is 30.6 Å². The summed E-state index contributed by atoms with van der Waals surface area (Å²) in [5, 5.41) is 7.34. The highest BCUT2D eigenvalue weighted by atomic mass is 19.4. The molecule has 1 N–H and O–H groups in total. The van der Waals surface area contributed by atoms with Crippen molar-refractivity contribution in [3.63, 3.8) is 0 Å². The highest BCUT2D eigenvalue weighted by molar-refractivity contribution is 6.00. The van der Waals surface area contributed by atoms with Gasteiger partial charge in [0.05, 0.1) is 11.6 Å². The summed E-state index contributed by atoms with van der Waals surface area (Å²) < 4.78 is 78.4. The van der Waals surface area contributed by atoms with E-state index in [2.05, 4.69) is 32.1 Å². The highest BCUT2D eigenvalue weighted by Gasteiger charge is 2.34. The molecule has 250 valence electrons. The van der Waals surface area contributed by atoms with Crippen molar-refractivity contribution in [3.8, 4) is 11.1 Å². The summed E-state index contributed by atoms with van der Waals surface area (Å²) in [6, 6.07) is 21.0. The first-order valence-corrected chi connectivity index (χ1v) is 15.5. The third kappa shape index (κ3) is 7.51. The number of likely N-dealkylation sites (tertiary alicyclic amines) is 1. The molecule has 1 unspecified atom stereocenters. The van der Waals surface area contributed by atoms with Gasteiger partial charge in [-0.05, 0) is 73.2 Å². The van der Waals surface area contributed by atoms with E-state index >= 15 is 0 Å². The van der Waals surface area contributed by atoms with Crippen LogP contribution in [0.25, 0.3) is 22.0 Å². The van der Waals surface area contributed by atoms with Gasteiger partial charge in [0.1, 0.15) is 6.54 Å². The van der Waals surface area contributed by atoms with Gasteiger partial charge in [-0.25, -0.2) is 9.97 Å². The van der Waals surface area contributed by atoms with Gasteiger partial charge in [-0.2, -0.15) is 31.4 Å². The summed E-state index contributed by atoms with van der Waals surface area (Å²) >= 11 is 0. The van der Waals surface area contributed by atoms with Gasteiger partial charge in [0, 0.05) is 41.6 Å².